The van der Waals surface area contributed by atoms with Gasteiger partial charge in [0.05, 0.1) is 18.2 Å². The lowest BCUT2D eigenvalue weighted by atomic mass is 10.2. The SMILES string of the molecule is COC(=O)CCCOc1cccc(C=O)c1Br. The number of methoxy groups -OCH3 is 1. The van der Waals surface area contributed by atoms with Crippen molar-refractivity contribution in [2.24, 2.45) is 0 Å². The normalized spacial score (nSPS) is 9.76. The van der Waals surface area contributed by atoms with Crippen molar-refractivity contribution in [1.82, 2.24) is 0 Å². The number of hydrogen-bond acceptors (Lipinski definition) is 4. The van der Waals surface area contributed by atoms with E-state index >= 15 is 0 Å². The van der Waals surface area contributed by atoms with E-state index < -0.39 is 0 Å². The van der Waals surface area contributed by atoms with E-state index in [2.05, 4.69) is 20.7 Å². The van der Waals surface area contributed by atoms with Crippen LogP contribution in [0.4, 0.5) is 0 Å². The summed E-state index contributed by atoms with van der Waals surface area (Å²) in [4.78, 5) is 21.5. The zero-order chi connectivity index (χ0) is 12.7. The summed E-state index contributed by atoms with van der Waals surface area (Å²) >= 11 is 3.29. The van der Waals surface area contributed by atoms with Gasteiger partial charge < -0.3 is 9.47 Å². The second-order valence-corrected chi connectivity index (χ2v) is 4.10. The van der Waals surface area contributed by atoms with Crippen LogP contribution in [-0.2, 0) is 9.53 Å². The second kappa shape index (κ2) is 7.06. The van der Waals surface area contributed by atoms with Crippen LogP contribution in [0.1, 0.15) is 23.2 Å². The Morgan fingerprint density at radius 2 is 2.24 bits per heavy atom. The van der Waals surface area contributed by atoms with Crippen molar-refractivity contribution < 1.29 is 19.1 Å². The summed E-state index contributed by atoms with van der Waals surface area (Å²) in [6.45, 7) is 0.399. The van der Waals surface area contributed by atoms with Crippen LogP contribution in [0.3, 0.4) is 0 Å². The molecule has 0 spiro atoms. The molecule has 1 aromatic rings. The highest BCUT2D eigenvalue weighted by Gasteiger charge is 2.06. The number of aldehydes is 1. The largest absolute Gasteiger partial charge is 0.492 e. The Balaban J connectivity index is 2.47. The summed E-state index contributed by atoms with van der Waals surface area (Å²) in [6, 6.07) is 5.19. The molecule has 0 heterocycles. The number of esters is 1. The van der Waals surface area contributed by atoms with E-state index in [0.717, 1.165) is 6.29 Å². The van der Waals surface area contributed by atoms with Gasteiger partial charge in [0.25, 0.3) is 0 Å². The van der Waals surface area contributed by atoms with E-state index in [0.29, 0.717) is 35.2 Å². The third-order valence-corrected chi connectivity index (χ3v) is 2.98. The molecule has 0 N–H and O–H groups in total. The molecule has 17 heavy (non-hydrogen) atoms. The van der Waals surface area contributed by atoms with Crippen molar-refractivity contribution in [2.75, 3.05) is 13.7 Å². The lowest BCUT2D eigenvalue weighted by Crippen LogP contribution is -2.05. The fraction of sp³-hybridized carbons (Fsp3) is 0.333. The van der Waals surface area contributed by atoms with Gasteiger partial charge >= 0.3 is 5.97 Å². The molecule has 0 saturated heterocycles. The zero-order valence-corrected chi connectivity index (χ0v) is 11.0. The molecule has 4 nitrogen and oxygen atoms in total. The Morgan fingerprint density at radius 3 is 2.88 bits per heavy atom. The molecule has 0 aromatic heterocycles. The van der Waals surface area contributed by atoms with Gasteiger partial charge in [0.15, 0.2) is 6.29 Å². The first-order chi connectivity index (χ1) is 8.19. The average molecular weight is 301 g/mol. The molecule has 1 rings (SSSR count). The van der Waals surface area contributed by atoms with Crippen LogP contribution in [0.15, 0.2) is 22.7 Å². The van der Waals surface area contributed by atoms with Gasteiger partial charge in [0.2, 0.25) is 0 Å². The molecule has 92 valence electrons. The number of rotatable bonds is 6. The van der Waals surface area contributed by atoms with Crippen LogP contribution in [0.25, 0.3) is 0 Å². The highest BCUT2D eigenvalue weighted by Crippen LogP contribution is 2.27. The Labute approximate surface area is 108 Å². The molecule has 0 amide bonds. The third kappa shape index (κ3) is 4.19. The Kier molecular flexibility index (Phi) is 5.69. The molecule has 0 aliphatic carbocycles. The Bertz CT molecular complexity index is 403. The quantitative estimate of drug-likeness (QED) is 0.460. The number of benzene rings is 1. The van der Waals surface area contributed by atoms with Gasteiger partial charge in [-0.2, -0.15) is 0 Å². The fourth-order valence-corrected chi connectivity index (χ4v) is 1.70. The Morgan fingerprint density at radius 1 is 1.47 bits per heavy atom. The summed E-state index contributed by atoms with van der Waals surface area (Å²) in [5.74, 6) is 0.341. The first-order valence-corrected chi connectivity index (χ1v) is 5.91. The smallest absolute Gasteiger partial charge is 0.305 e. The topological polar surface area (TPSA) is 52.6 Å². The number of carbonyl (C=O) groups excluding carboxylic acids is 2. The van der Waals surface area contributed by atoms with Gasteiger partial charge in [-0.3, -0.25) is 9.59 Å². The van der Waals surface area contributed by atoms with Crippen molar-refractivity contribution in [1.29, 1.82) is 0 Å². The number of hydrogen-bond donors (Lipinski definition) is 0. The lowest BCUT2D eigenvalue weighted by Gasteiger charge is -2.08. The molecule has 1 aromatic carbocycles. The second-order valence-electron chi connectivity index (χ2n) is 3.31. The predicted molar refractivity (Wildman–Crippen MR) is 66.3 cm³/mol. The van der Waals surface area contributed by atoms with Crippen molar-refractivity contribution in [2.45, 2.75) is 12.8 Å². The van der Waals surface area contributed by atoms with Crippen LogP contribution in [0.5, 0.6) is 5.75 Å². The van der Waals surface area contributed by atoms with Gasteiger partial charge in [0.1, 0.15) is 5.75 Å². The molecule has 0 aliphatic rings. The van der Waals surface area contributed by atoms with Crippen LogP contribution < -0.4 is 4.74 Å². The van der Waals surface area contributed by atoms with Crippen LogP contribution in [0.2, 0.25) is 0 Å². The van der Waals surface area contributed by atoms with Crippen LogP contribution in [0, 0.1) is 0 Å². The molecule has 0 radical (unpaired) electrons. The molecule has 0 saturated carbocycles. The Hall–Kier alpha value is -1.36. The van der Waals surface area contributed by atoms with Gasteiger partial charge in [-0.15, -0.1) is 0 Å². The molecule has 5 heteroatoms. The van der Waals surface area contributed by atoms with E-state index in [4.69, 9.17) is 4.74 Å². The first kappa shape index (κ1) is 13.7. The standard InChI is InChI=1S/C12H13BrO4/c1-16-11(15)6-3-7-17-10-5-2-4-9(8-14)12(10)13/h2,4-5,8H,3,6-7H2,1H3. The average Bonchev–Trinajstić information content (AvgIpc) is 2.36. The maximum atomic E-state index is 10.9. The maximum absolute atomic E-state index is 10.9. The molecule has 0 fully saturated rings. The summed E-state index contributed by atoms with van der Waals surface area (Å²) in [6.07, 6.45) is 1.65. The summed E-state index contributed by atoms with van der Waals surface area (Å²) in [7, 11) is 1.35. The zero-order valence-electron chi connectivity index (χ0n) is 9.44. The minimum Gasteiger partial charge on any atom is -0.492 e. The van der Waals surface area contributed by atoms with E-state index in [1.165, 1.54) is 7.11 Å². The van der Waals surface area contributed by atoms with Crippen molar-refractivity contribution >= 4 is 28.2 Å². The summed E-state index contributed by atoms with van der Waals surface area (Å²) in [5, 5.41) is 0. The van der Waals surface area contributed by atoms with Crippen molar-refractivity contribution in [3.8, 4) is 5.75 Å². The van der Waals surface area contributed by atoms with E-state index in [1.807, 2.05) is 0 Å². The predicted octanol–water partition coefficient (Wildman–Crippen LogP) is 2.59. The van der Waals surface area contributed by atoms with E-state index in [-0.39, 0.29) is 5.97 Å². The number of carbonyl (C=O) groups is 2. The van der Waals surface area contributed by atoms with Gasteiger partial charge in [-0.1, -0.05) is 12.1 Å². The minimum atomic E-state index is -0.255. The number of halogens is 1. The first-order valence-electron chi connectivity index (χ1n) is 5.12. The summed E-state index contributed by atoms with van der Waals surface area (Å²) in [5.41, 5.74) is 0.537. The van der Waals surface area contributed by atoms with E-state index in [1.54, 1.807) is 18.2 Å². The summed E-state index contributed by atoms with van der Waals surface area (Å²) < 4.78 is 10.6. The molecular weight excluding hydrogens is 288 g/mol. The highest BCUT2D eigenvalue weighted by molar-refractivity contribution is 9.10. The van der Waals surface area contributed by atoms with Crippen molar-refractivity contribution in [3.05, 3.63) is 28.2 Å². The molecule has 0 aliphatic heterocycles. The molecule has 0 bridgehead atoms. The van der Waals surface area contributed by atoms with Crippen molar-refractivity contribution in [3.63, 3.8) is 0 Å². The van der Waals surface area contributed by atoms with Gasteiger partial charge in [0, 0.05) is 12.0 Å². The third-order valence-electron chi connectivity index (χ3n) is 2.13. The maximum Gasteiger partial charge on any atom is 0.305 e. The molecular formula is C12H13BrO4. The monoisotopic (exact) mass is 300 g/mol. The lowest BCUT2D eigenvalue weighted by molar-refractivity contribution is -0.140. The molecule has 0 atom stereocenters. The fourth-order valence-electron chi connectivity index (χ4n) is 1.23. The van der Waals surface area contributed by atoms with Crippen LogP contribution >= 0.6 is 15.9 Å². The van der Waals surface area contributed by atoms with E-state index in [9.17, 15) is 9.59 Å². The van der Waals surface area contributed by atoms with Gasteiger partial charge in [-0.25, -0.2) is 0 Å². The molecule has 0 unspecified atom stereocenters. The highest BCUT2D eigenvalue weighted by atomic mass is 79.9. The van der Waals surface area contributed by atoms with Crippen LogP contribution in [-0.4, -0.2) is 26.0 Å². The van der Waals surface area contributed by atoms with Gasteiger partial charge in [-0.05, 0) is 28.4 Å². The minimum absolute atomic E-state index is 0.255. The number of ether oxygens (including phenoxy) is 2.